The normalized spacial score (nSPS) is 11.6. The standard InChI is InChI=1S/C13H30N2/c1-5-7-8-11-15(13(3)4)12-10-14-9-6-2/h13-14H,5-12H2,1-4H3. The molecule has 0 fully saturated rings. The van der Waals surface area contributed by atoms with Crippen molar-refractivity contribution in [2.45, 2.75) is 59.4 Å². The molecule has 0 aromatic rings. The van der Waals surface area contributed by atoms with Gasteiger partial charge >= 0.3 is 0 Å². The van der Waals surface area contributed by atoms with Gasteiger partial charge in [0.15, 0.2) is 0 Å². The van der Waals surface area contributed by atoms with Crippen molar-refractivity contribution in [2.24, 2.45) is 0 Å². The number of hydrogen-bond donors (Lipinski definition) is 1. The monoisotopic (exact) mass is 214 g/mol. The first-order valence-electron chi connectivity index (χ1n) is 6.67. The molecule has 0 heterocycles. The number of nitrogens with zero attached hydrogens (tertiary/aromatic N) is 1. The molecule has 2 heteroatoms. The lowest BCUT2D eigenvalue weighted by Gasteiger charge is -2.26. The molecular formula is C13H30N2. The molecule has 0 radical (unpaired) electrons. The van der Waals surface area contributed by atoms with Crippen molar-refractivity contribution >= 4 is 0 Å². The van der Waals surface area contributed by atoms with Gasteiger partial charge in [0, 0.05) is 19.1 Å². The van der Waals surface area contributed by atoms with Gasteiger partial charge in [-0.05, 0) is 39.8 Å². The van der Waals surface area contributed by atoms with Crippen LogP contribution < -0.4 is 5.32 Å². The van der Waals surface area contributed by atoms with Gasteiger partial charge < -0.3 is 5.32 Å². The maximum absolute atomic E-state index is 3.47. The summed E-state index contributed by atoms with van der Waals surface area (Å²) in [5.74, 6) is 0. The maximum atomic E-state index is 3.47. The summed E-state index contributed by atoms with van der Waals surface area (Å²) in [5.41, 5.74) is 0. The van der Waals surface area contributed by atoms with Crippen molar-refractivity contribution in [1.82, 2.24) is 10.2 Å². The Morgan fingerprint density at radius 2 is 1.67 bits per heavy atom. The highest BCUT2D eigenvalue weighted by Gasteiger charge is 2.07. The molecule has 0 saturated heterocycles. The predicted molar refractivity (Wildman–Crippen MR) is 69.4 cm³/mol. The molecule has 0 aromatic heterocycles. The maximum Gasteiger partial charge on any atom is 0.0110 e. The van der Waals surface area contributed by atoms with Gasteiger partial charge in [0.2, 0.25) is 0 Å². The lowest BCUT2D eigenvalue weighted by atomic mass is 10.2. The zero-order valence-electron chi connectivity index (χ0n) is 11.2. The van der Waals surface area contributed by atoms with Gasteiger partial charge in [0.1, 0.15) is 0 Å². The molecule has 15 heavy (non-hydrogen) atoms. The van der Waals surface area contributed by atoms with Crippen LogP contribution in [0.25, 0.3) is 0 Å². The van der Waals surface area contributed by atoms with Crippen molar-refractivity contribution in [3.05, 3.63) is 0 Å². The number of rotatable bonds is 10. The topological polar surface area (TPSA) is 15.3 Å². The molecule has 0 rings (SSSR count). The lowest BCUT2D eigenvalue weighted by Crippen LogP contribution is -2.37. The third kappa shape index (κ3) is 8.88. The molecule has 0 aliphatic heterocycles. The van der Waals surface area contributed by atoms with Crippen LogP contribution in [0.2, 0.25) is 0 Å². The van der Waals surface area contributed by atoms with Gasteiger partial charge in [-0.3, -0.25) is 4.90 Å². The van der Waals surface area contributed by atoms with Crippen LogP contribution in [0.5, 0.6) is 0 Å². The fraction of sp³-hybridized carbons (Fsp3) is 1.00. The molecule has 0 spiro atoms. The van der Waals surface area contributed by atoms with Crippen LogP contribution in [0.15, 0.2) is 0 Å². The van der Waals surface area contributed by atoms with Crippen LogP contribution in [0.3, 0.4) is 0 Å². The van der Waals surface area contributed by atoms with Gasteiger partial charge in [0.05, 0.1) is 0 Å². The van der Waals surface area contributed by atoms with Gasteiger partial charge in [-0.15, -0.1) is 0 Å². The van der Waals surface area contributed by atoms with Crippen LogP contribution >= 0.6 is 0 Å². The molecule has 0 aromatic carbocycles. The van der Waals surface area contributed by atoms with Crippen LogP contribution in [0.4, 0.5) is 0 Å². The van der Waals surface area contributed by atoms with Gasteiger partial charge in [-0.25, -0.2) is 0 Å². The van der Waals surface area contributed by atoms with E-state index in [2.05, 4.69) is 37.9 Å². The molecule has 0 unspecified atom stereocenters. The summed E-state index contributed by atoms with van der Waals surface area (Å²) in [5, 5.41) is 3.47. The van der Waals surface area contributed by atoms with E-state index in [-0.39, 0.29) is 0 Å². The molecule has 92 valence electrons. The van der Waals surface area contributed by atoms with E-state index in [1.807, 2.05) is 0 Å². The fourth-order valence-electron chi connectivity index (χ4n) is 1.72. The Hall–Kier alpha value is -0.0800. The second-order valence-electron chi connectivity index (χ2n) is 4.59. The zero-order valence-corrected chi connectivity index (χ0v) is 11.2. The smallest absolute Gasteiger partial charge is 0.0110 e. The highest BCUT2D eigenvalue weighted by atomic mass is 15.2. The predicted octanol–water partition coefficient (Wildman–Crippen LogP) is 2.89. The third-order valence-electron chi connectivity index (χ3n) is 2.78. The van der Waals surface area contributed by atoms with Crippen molar-refractivity contribution < 1.29 is 0 Å². The van der Waals surface area contributed by atoms with E-state index in [9.17, 15) is 0 Å². The summed E-state index contributed by atoms with van der Waals surface area (Å²) >= 11 is 0. The minimum absolute atomic E-state index is 0.685. The number of nitrogens with one attached hydrogen (secondary N) is 1. The number of unbranched alkanes of at least 4 members (excludes halogenated alkanes) is 2. The molecule has 0 saturated carbocycles. The van der Waals surface area contributed by atoms with E-state index in [1.165, 1.54) is 38.8 Å². The fourth-order valence-corrected chi connectivity index (χ4v) is 1.72. The summed E-state index contributed by atoms with van der Waals surface area (Å²) < 4.78 is 0. The minimum Gasteiger partial charge on any atom is -0.315 e. The molecule has 2 nitrogen and oxygen atoms in total. The minimum atomic E-state index is 0.685. The Kier molecular flexibility index (Phi) is 10.4. The highest BCUT2D eigenvalue weighted by Crippen LogP contribution is 2.02. The van der Waals surface area contributed by atoms with E-state index in [0.717, 1.165) is 13.1 Å². The third-order valence-corrected chi connectivity index (χ3v) is 2.78. The molecule has 0 atom stereocenters. The quantitative estimate of drug-likeness (QED) is 0.563. The van der Waals surface area contributed by atoms with E-state index in [0.29, 0.717) is 6.04 Å². The molecule has 0 aliphatic rings. The van der Waals surface area contributed by atoms with Crippen molar-refractivity contribution in [3.8, 4) is 0 Å². The second-order valence-corrected chi connectivity index (χ2v) is 4.59. The molecule has 0 amide bonds. The largest absolute Gasteiger partial charge is 0.315 e. The van der Waals surface area contributed by atoms with Crippen molar-refractivity contribution in [2.75, 3.05) is 26.2 Å². The van der Waals surface area contributed by atoms with Gasteiger partial charge in [-0.1, -0.05) is 26.7 Å². The van der Waals surface area contributed by atoms with Crippen molar-refractivity contribution in [3.63, 3.8) is 0 Å². The van der Waals surface area contributed by atoms with E-state index in [1.54, 1.807) is 0 Å². The van der Waals surface area contributed by atoms with E-state index in [4.69, 9.17) is 0 Å². The SMILES string of the molecule is CCCCCN(CCNCCC)C(C)C. The summed E-state index contributed by atoms with van der Waals surface area (Å²) in [6.45, 7) is 13.8. The van der Waals surface area contributed by atoms with Crippen LogP contribution in [0.1, 0.15) is 53.4 Å². The average molecular weight is 214 g/mol. The van der Waals surface area contributed by atoms with Crippen LogP contribution in [-0.2, 0) is 0 Å². The Morgan fingerprint density at radius 3 is 2.20 bits per heavy atom. The molecule has 0 aliphatic carbocycles. The molecule has 0 bridgehead atoms. The Bertz CT molecular complexity index is 124. The summed E-state index contributed by atoms with van der Waals surface area (Å²) in [4.78, 5) is 2.58. The van der Waals surface area contributed by atoms with Crippen LogP contribution in [-0.4, -0.2) is 37.1 Å². The lowest BCUT2D eigenvalue weighted by molar-refractivity contribution is 0.217. The summed E-state index contributed by atoms with van der Waals surface area (Å²) in [6.07, 6.45) is 5.27. The number of hydrogen-bond acceptors (Lipinski definition) is 2. The first-order chi connectivity index (χ1) is 7.22. The first kappa shape index (κ1) is 14.9. The van der Waals surface area contributed by atoms with E-state index < -0.39 is 0 Å². The second kappa shape index (κ2) is 10.4. The Labute approximate surface area is 96.4 Å². The zero-order chi connectivity index (χ0) is 11.5. The van der Waals surface area contributed by atoms with Crippen molar-refractivity contribution in [1.29, 1.82) is 0 Å². The summed E-state index contributed by atoms with van der Waals surface area (Å²) in [6, 6.07) is 0.685. The van der Waals surface area contributed by atoms with Gasteiger partial charge in [0.25, 0.3) is 0 Å². The Morgan fingerprint density at radius 1 is 0.933 bits per heavy atom. The molecular weight excluding hydrogens is 184 g/mol. The molecule has 1 N–H and O–H groups in total. The van der Waals surface area contributed by atoms with E-state index >= 15 is 0 Å². The first-order valence-corrected chi connectivity index (χ1v) is 6.67. The average Bonchev–Trinajstić information content (AvgIpc) is 2.21. The van der Waals surface area contributed by atoms with Crippen LogP contribution in [0, 0.1) is 0 Å². The highest BCUT2D eigenvalue weighted by molar-refractivity contribution is 4.64. The van der Waals surface area contributed by atoms with Gasteiger partial charge in [-0.2, -0.15) is 0 Å². The Balaban J connectivity index is 3.54. The summed E-state index contributed by atoms with van der Waals surface area (Å²) in [7, 11) is 0.